The molecule has 0 saturated carbocycles. The minimum Gasteiger partial charge on any atom is -0.399 e. The van der Waals surface area contributed by atoms with Gasteiger partial charge in [-0.25, -0.2) is 9.97 Å². The number of anilines is 2. The second-order valence-corrected chi connectivity index (χ2v) is 4.53. The Morgan fingerprint density at radius 1 is 1.17 bits per heavy atom. The molecule has 4 nitrogen and oxygen atoms in total. The molecule has 4 heteroatoms. The molecule has 0 unspecified atom stereocenters. The van der Waals surface area contributed by atoms with E-state index in [2.05, 4.69) is 28.7 Å². The van der Waals surface area contributed by atoms with Crippen LogP contribution in [0.3, 0.4) is 0 Å². The summed E-state index contributed by atoms with van der Waals surface area (Å²) in [7, 11) is 0. The maximum atomic E-state index is 5.69. The van der Waals surface area contributed by atoms with Gasteiger partial charge in [0, 0.05) is 24.5 Å². The molecular formula is C14H18N4. The summed E-state index contributed by atoms with van der Waals surface area (Å²) in [6.45, 7) is 5.12. The van der Waals surface area contributed by atoms with Crippen LogP contribution in [0.1, 0.15) is 19.4 Å². The lowest BCUT2D eigenvalue weighted by Gasteiger charge is -2.27. The highest BCUT2D eigenvalue weighted by Crippen LogP contribution is 2.17. The van der Waals surface area contributed by atoms with Crippen molar-refractivity contribution in [2.75, 3.05) is 10.6 Å². The Labute approximate surface area is 107 Å². The SMILES string of the molecule is CC(C)N(Cc1ccc(N)cc1)c1ccncn1. The molecule has 0 spiro atoms. The predicted octanol–water partition coefficient (Wildman–Crippen LogP) is 2.47. The first kappa shape index (κ1) is 12.4. The molecule has 2 N–H and O–H groups in total. The third-order valence-corrected chi connectivity index (χ3v) is 2.82. The van der Waals surface area contributed by atoms with Crippen molar-refractivity contribution in [1.82, 2.24) is 9.97 Å². The van der Waals surface area contributed by atoms with Crippen LogP contribution in [0.2, 0.25) is 0 Å². The summed E-state index contributed by atoms with van der Waals surface area (Å²) in [4.78, 5) is 10.5. The van der Waals surface area contributed by atoms with E-state index < -0.39 is 0 Å². The third-order valence-electron chi connectivity index (χ3n) is 2.82. The molecule has 0 aliphatic carbocycles. The van der Waals surface area contributed by atoms with Gasteiger partial charge in [0.25, 0.3) is 0 Å². The molecule has 1 heterocycles. The number of nitrogens with two attached hydrogens (primary N) is 1. The van der Waals surface area contributed by atoms with Crippen molar-refractivity contribution in [2.45, 2.75) is 26.4 Å². The first-order valence-electron chi connectivity index (χ1n) is 6.04. The zero-order chi connectivity index (χ0) is 13.0. The van der Waals surface area contributed by atoms with Crippen LogP contribution < -0.4 is 10.6 Å². The van der Waals surface area contributed by atoms with Crippen LogP contribution in [0.25, 0.3) is 0 Å². The Bertz CT molecular complexity index is 479. The number of nitrogen functional groups attached to an aromatic ring is 1. The second-order valence-electron chi connectivity index (χ2n) is 4.53. The second kappa shape index (κ2) is 5.49. The van der Waals surface area contributed by atoms with E-state index in [4.69, 9.17) is 5.73 Å². The molecule has 94 valence electrons. The van der Waals surface area contributed by atoms with E-state index in [1.807, 2.05) is 30.3 Å². The van der Waals surface area contributed by atoms with Gasteiger partial charge in [-0.2, -0.15) is 0 Å². The largest absolute Gasteiger partial charge is 0.399 e. The number of rotatable bonds is 4. The van der Waals surface area contributed by atoms with Gasteiger partial charge >= 0.3 is 0 Å². The van der Waals surface area contributed by atoms with Crippen LogP contribution in [0.5, 0.6) is 0 Å². The van der Waals surface area contributed by atoms with Gasteiger partial charge in [-0.15, -0.1) is 0 Å². The lowest BCUT2D eigenvalue weighted by molar-refractivity contribution is 0.671. The Balaban J connectivity index is 2.19. The van der Waals surface area contributed by atoms with Crippen molar-refractivity contribution in [2.24, 2.45) is 0 Å². The highest BCUT2D eigenvalue weighted by atomic mass is 15.2. The van der Waals surface area contributed by atoms with Crippen LogP contribution in [-0.4, -0.2) is 16.0 Å². The Morgan fingerprint density at radius 3 is 2.44 bits per heavy atom. The zero-order valence-electron chi connectivity index (χ0n) is 10.7. The van der Waals surface area contributed by atoms with Gasteiger partial charge in [-0.1, -0.05) is 12.1 Å². The van der Waals surface area contributed by atoms with E-state index in [1.54, 1.807) is 12.5 Å². The van der Waals surface area contributed by atoms with Crippen molar-refractivity contribution >= 4 is 11.5 Å². The monoisotopic (exact) mass is 242 g/mol. The molecule has 2 aromatic rings. The average molecular weight is 242 g/mol. The average Bonchev–Trinajstić information content (AvgIpc) is 2.38. The van der Waals surface area contributed by atoms with E-state index in [0.29, 0.717) is 6.04 Å². The predicted molar refractivity (Wildman–Crippen MR) is 74.2 cm³/mol. The number of hydrogen-bond donors (Lipinski definition) is 1. The number of benzene rings is 1. The highest BCUT2D eigenvalue weighted by Gasteiger charge is 2.11. The highest BCUT2D eigenvalue weighted by molar-refractivity contribution is 5.43. The molecule has 0 atom stereocenters. The number of hydrogen-bond acceptors (Lipinski definition) is 4. The van der Waals surface area contributed by atoms with Crippen molar-refractivity contribution in [3.05, 3.63) is 48.4 Å². The summed E-state index contributed by atoms with van der Waals surface area (Å²) in [6, 6.07) is 10.2. The Kier molecular flexibility index (Phi) is 3.77. The topological polar surface area (TPSA) is 55.0 Å². The summed E-state index contributed by atoms with van der Waals surface area (Å²) >= 11 is 0. The van der Waals surface area contributed by atoms with Crippen molar-refractivity contribution < 1.29 is 0 Å². The van der Waals surface area contributed by atoms with Gasteiger partial charge in [-0.05, 0) is 37.6 Å². The van der Waals surface area contributed by atoms with Gasteiger partial charge in [0.05, 0.1) is 0 Å². The fourth-order valence-electron chi connectivity index (χ4n) is 1.80. The van der Waals surface area contributed by atoms with E-state index in [1.165, 1.54) is 5.56 Å². The van der Waals surface area contributed by atoms with Crippen LogP contribution >= 0.6 is 0 Å². The molecule has 0 aliphatic heterocycles. The van der Waals surface area contributed by atoms with E-state index in [0.717, 1.165) is 18.1 Å². The van der Waals surface area contributed by atoms with Crippen molar-refractivity contribution in [1.29, 1.82) is 0 Å². The Morgan fingerprint density at radius 2 is 1.89 bits per heavy atom. The molecule has 0 amide bonds. The van der Waals surface area contributed by atoms with Crippen LogP contribution in [-0.2, 0) is 6.54 Å². The molecule has 0 fully saturated rings. The molecule has 0 bridgehead atoms. The number of nitrogens with zero attached hydrogens (tertiary/aromatic N) is 3. The van der Waals surface area contributed by atoms with Crippen LogP contribution in [0.4, 0.5) is 11.5 Å². The first-order valence-corrected chi connectivity index (χ1v) is 6.04. The van der Waals surface area contributed by atoms with Crippen molar-refractivity contribution in [3.63, 3.8) is 0 Å². The first-order chi connectivity index (χ1) is 8.66. The molecule has 0 saturated heterocycles. The van der Waals surface area contributed by atoms with Gasteiger partial charge in [0.15, 0.2) is 0 Å². The van der Waals surface area contributed by atoms with Gasteiger partial charge in [0.2, 0.25) is 0 Å². The Hall–Kier alpha value is -2.10. The molecule has 18 heavy (non-hydrogen) atoms. The third kappa shape index (κ3) is 2.97. The smallest absolute Gasteiger partial charge is 0.132 e. The van der Waals surface area contributed by atoms with Gasteiger partial charge in [0.1, 0.15) is 12.1 Å². The van der Waals surface area contributed by atoms with Gasteiger partial charge in [-0.3, -0.25) is 0 Å². The summed E-state index contributed by atoms with van der Waals surface area (Å²) in [6.07, 6.45) is 3.34. The zero-order valence-corrected chi connectivity index (χ0v) is 10.7. The molecule has 1 aromatic heterocycles. The summed E-state index contributed by atoms with van der Waals surface area (Å²) in [5.41, 5.74) is 7.70. The normalized spacial score (nSPS) is 10.6. The molecule has 1 aromatic carbocycles. The lowest BCUT2D eigenvalue weighted by Crippen LogP contribution is -2.30. The number of aromatic nitrogens is 2. The van der Waals surface area contributed by atoms with Crippen LogP contribution in [0.15, 0.2) is 42.9 Å². The summed E-state index contributed by atoms with van der Waals surface area (Å²) < 4.78 is 0. The lowest BCUT2D eigenvalue weighted by atomic mass is 10.1. The van der Waals surface area contributed by atoms with E-state index in [9.17, 15) is 0 Å². The summed E-state index contributed by atoms with van der Waals surface area (Å²) in [5.74, 6) is 0.942. The quantitative estimate of drug-likeness (QED) is 0.837. The minimum atomic E-state index is 0.373. The molecular weight excluding hydrogens is 224 g/mol. The molecule has 2 rings (SSSR count). The maximum Gasteiger partial charge on any atom is 0.132 e. The molecule has 0 radical (unpaired) electrons. The van der Waals surface area contributed by atoms with Crippen molar-refractivity contribution in [3.8, 4) is 0 Å². The summed E-state index contributed by atoms with van der Waals surface area (Å²) in [5, 5.41) is 0. The fourth-order valence-corrected chi connectivity index (χ4v) is 1.80. The minimum absolute atomic E-state index is 0.373. The van der Waals surface area contributed by atoms with E-state index in [-0.39, 0.29) is 0 Å². The molecule has 0 aliphatic rings. The maximum absolute atomic E-state index is 5.69. The fraction of sp³-hybridized carbons (Fsp3) is 0.286. The van der Waals surface area contributed by atoms with Gasteiger partial charge < -0.3 is 10.6 Å². The van der Waals surface area contributed by atoms with E-state index >= 15 is 0 Å². The van der Waals surface area contributed by atoms with Crippen LogP contribution in [0, 0.1) is 0 Å². The standard InChI is InChI=1S/C14H18N4/c1-11(2)18(14-7-8-16-10-17-14)9-12-3-5-13(15)6-4-12/h3-8,10-11H,9,15H2,1-2H3.